The lowest BCUT2D eigenvalue weighted by Crippen LogP contribution is -2.20. The standard InChI is InChI=1S/C21H18N4O2/c1-24(2)19-13-12-16(27-19)14-22-25-20(15-8-4-3-5-9-15)23-18-11-7-6-10-17(18)21(25)26/h3-14H,1-2H3. The third-order valence-corrected chi connectivity index (χ3v) is 4.14. The third kappa shape index (κ3) is 3.25. The van der Waals surface area contributed by atoms with Crippen molar-refractivity contribution in [2.24, 2.45) is 5.10 Å². The minimum atomic E-state index is -0.227. The molecular formula is C21H18N4O2. The van der Waals surface area contributed by atoms with Crippen molar-refractivity contribution in [2.45, 2.75) is 0 Å². The van der Waals surface area contributed by atoms with Gasteiger partial charge in [0.25, 0.3) is 5.56 Å². The van der Waals surface area contributed by atoms with Gasteiger partial charge in [-0.25, -0.2) is 4.98 Å². The van der Waals surface area contributed by atoms with Crippen LogP contribution in [0.3, 0.4) is 0 Å². The van der Waals surface area contributed by atoms with Crippen molar-refractivity contribution in [3.05, 3.63) is 82.8 Å². The van der Waals surface area contributed by atoms with Gasteiger partial charge >= 0.3 is 0 Å². The summed E-state index contributed by atoms with van der Waals surface area (Å²) in [4.78, 5) is 19.5. The van der Waals surface area contributed by atoms with Gasteiger partial charge in [-0.05, 0) is 18.2 Å². The smallest absolute Gasteiger partial charge is 0.282 e. The Kier molecular flexibility index (Phi) is 4.30. The summed E-state index contributed by atoms with van der Waals surface area (Å²) in [5, 5.41) is 4.90. The van der Waals surface area contributed by atoms with Crippen molar-refractivity contribution in [2.75, 3.05) is 19.0 Å². The molecule has 0 fully saturated rings. The maximum Gasteiger partial charge on any atom is 0.282 e. The Labute approximate surface area is 156 Å². The molecule has 0 atom stereocenters. The number of anilines is 1. The number of benzene rings is 2. The largest absolute Gasteiger partial charge is 0.440 e. The van der Waals surface area contributed by atoms with Crippen molar-refractivity contribution in [1.82, 2.24) is 9.66 Å². The van der Waals surface area contributed by atoms with Crippen molar-refractivity contribution >= 4 is 23.0 Å². The summed E-state index contributed by atoms with van der Waals surface area (Å²) in [6, 6.07) is 20.4. The molecule has 0 aliphatic heterocycles. The first-order chi connectivity index (χ1) is 13.1. The number of furan rings is 1. The lowest BCUT2D eigenvalue weighted by molar-refractivity contribution is 0.557. The van der Waals surface area contributed by atoms with E-state index in [9.17, 15) is 4.79 Å². The number of aromatic nitrogens is 2. The van der Waals surface area contributed by atoms with Crippen LogP contribution in [0.15, 0.2) is 81.0 Å². The van der Waals surface area contributed by atoms with Gasteiger partial charge in [-0.15, -0.1) is 0 Å². The molecule has 2 aromatic heterocycles. The first-order valence-corrected chi connectivity index (χ1v) is 8.52. The lowest BCUT2D eigenvalue weighted by atomic mass is 10.2. The average Bonchev–Trinajstić information content (AvgIpc) is 3.17. The van der Waals surface area contributed by atoms with Gasteiger partial charge in [0.15, 0.2) is 11.7 Å². The van der Waals surface area contributed by atoms with Crippen LogP contribution in [0.1, 0.15) is 5.76 Å². The quantitative estimate of drug-likeness (QED) is 0.523. The van der Waals surface area contributed by atoms with Crippen molar-refractivity contribution in [1.29, 1.82) is 0 Å². The minimum Gasteiger partial charge on any atom is -0.440 e. The van der Waals surface area contributed by atoms with E-state index in [0.717, 1.165) is 5.56 Å². The summed E-state index contributed by atoms with van der Waals surface area (Å²) in [5.41, 5.74) is 1.22. The Morgan fingerprint density at radius 1 is 1.00 bits per heavy atom. The highest BCUT2D eigenvalue weighted by atomic mass is 16.4. The fourth-order valence-corrected chi connectivity index (χ4v) is 2.77. The maximum atomic E-state index is 13.0. The number of fused-ring (bicyclic) bond motifs is 1. The predicted molar refractivity (Wildman–Crippen MR) is 107 cm³/mol. The van der Waals surface area contributed by atoms with Crippen LogP contribution in [0.2, 0.25) is 0 Å². The maximum absolute atomic E-state index is 13.0. The van der Waals surface area contributed by atoms with E-state index in [0.29, 0.717) is 28.4 Å². The van der Waals surface area contributed by atoms with Gasteiger partial charge in [-0.1, -0.05) is 42.5 Å². The molecule has 134 valence electrons. The summed E-state index contributed by atoms with van der Waals surface area (Å²) in [6.07, 6.45) is 1.53. The van der Waals surface area contributed by atoms with Gasteiger partial charge in [-0.3, -0.25) is 4.79 Å². The van der Waals surface area contributed by atoms with Gasteiger partial charge in [0.05, 0.1) is 17.1 Å². The van der Waals surface area contributed by atoms with Crippen LogP contribution in [-0.4, -0.2) is 30.0 Å². The van der Waals surface area contributed by atoms with Crippen LogP contribution in [0, 0.1) is 0 Å². The van der Waals surface area contributed by atoms with E-state index in [2.05, 4.69) is 10.1 Å². The van der Waals surface area contributed by atoms with Crippen molar-refractivity contribution in [3.8, 4) is 11.4 Å². The van der Waals surface area contributed by atoms with Crippen molar-refractivity contribution < 1.29 is 4.42 Å². The molecule has 0 aliphatic rings. The highest BCUT2D eigenvalue weighted by molar-refractivity contribution is 5.81. The SMILES string of the molecule is CN(C)c1ccc(C=Nn2c(-c3ccccc3)nc3ccccc3c2=O)o1. The second-order valence-corrected chi connectivity index (χ2v) is 6.25. The molecule has 0 radical (unpaired) electrons. The zero-order chi connectivity index (χ0) is 18.8. The molecule has 6 nitrogen and oxygen atoms in total. The number of rotatable bonds is 4. The summed E-state index contributed by atoms with van der Waals surface area (Å²) in [5.74, 6) is 1.75. The molecule has 4 rings (SSSR count). The molecule has 2 aromatic carbocycles. The number of para-hydroxylation sites is 1. The third-order valence-electron chi connectivity index (χ3n) is 4.14. The van der Waals surface area contributed by atoms with Gasteiger partial charge in [0.2, 0.25) is 0 Å². The van der Waals surface area contributed by atoms with Crippen LogP contribution in [-0.2, 0) is 0 Å². The molecule has 0 saturated carbocycles. The summed E-state index contributed by atoms with van der Waals surface area (Å²) in [7, 11) is 3.79. The molecule has 0 amide bonds. The minimum absolute atomic E-state index is 0.227. The van der Waals surface area contributed by atoms with Crippen molar-refractivity contribution in [3.63, 3.8) is 0 Å². The summed E-state index contributed by atoms with van der Waals surface area (Å²) in [6.45, 7) is 0. The number of nitrogens with zero attached hydrogens (tertiary/aromatic N) is 4. The van der Waals surface area contributed by atoms with Crippen LogP contribution < -0.4 is 10.5 Å². The molecule has 0 unspecified atom stereocenters. The van der Waals surface area contributed by atoms with Crippen LogP contribution >= 0.6 is 0 Å². The molecule has 27 heavy (non-hydrogen) atoms. The molecule has 0 spiro atoms. The molecule has 0 bridgehead atoms. The number of hydrogen-bond acceptors (Lipinski definition) is 5. The molecule has 0 aliphatic carbocycles. The Balaban J connectivity index is 1.88. The second-order valence-electron chi connectivity index (χ2n) is 6.25. The summed E-state index contributed by atoms with van der Waals surface area (Å²) >= 11 is 0. The molecule has 4 aromatic rings. The Hall–Kier alpha value is -3.67. The van der Waals surface area contributed by atoms with Crippen LogP contribution in [0.25, 0.3) is 22.3 Å². The van der Waals surface area contributed by atoms with E-state index in [1.165, 1.54) is 10.9 Å². The van der Waals surface area contributed by atoms with Gasteiger partial charge in [0, 0.05) is 25.7 Å². The molecular weight excluding hydrogens is 340 g/mol. The fraction of sp³-hybridized carbons (Fsp3) is 0.0952. The van der Waals surface area contributed by atoms with Gasteiger partial charge in [-0.2, -0.15) is 9.78 Å². The van der Waals surface area contributed by atoms with Crippen LogP contribution in [0.5, 0.6) is 0 Å². The predicted octanol–water partition coefficient (Wildman–Crippen LogP) is 3.60. The van der Waals surface area contributed by atoms with Gasteiger partial charge in [0.1, 0.15) is 5.76 Å². The van der Waals surface area contributed by atoms with E-state index in [-0.39, 0.29) is 5.56 Å². The lowest BCUT2D eigenvalue weighted by Gasteiger charge is -2.09. The Bertz CT molecular complexity index is 1170. The Morgan fingerprint density at radius 2 is 1.74 bits per heavy atom. The highest BCUT2D eigenvalue weighted by Gasteiger charge is 2.12. The fourth-order valence-electron chi connectivity index (χ4n) is 2.77. The van der Waals surface area contributed by atoms with E-state index in [4.69, 9.17) is 4.42 Å². The van der Waals surface area contributed by atoms with E-state index >= 15 is 0 Å². The van der Waals surface area contributed by atoms with Crippen LogP contribution in [0.4, 0.5) is 5.88 Å². The second kappa shape index (κ2) is 6.92. The normalized spacial score (nSPS) is 11.3. The number of hydrogen-bond donors (Lipinski definition) is 0. The van der Waals surface area contributed by atoms with E-state index in [1.807, 2.05) is 73.6 Å². The molecule has 2 heterocycles. The zero-order valence-electron chi connectivity index (χ0n) is 15.0. The molecule has 6 heteroatoms. The van der Waals surface area contributed by atoms with E-state index < -0.39 is 0 Å². The molecule has 0 saturated heterocycles. The topological polar surface area (TPSA) is 63.6 Å². The monoisotopic (exact) mass is 358 g/mol. The van der Waals surface area contributed by atoms with Gasteiger partial charge < -0.3 is 9.32 Å². The first kappa shape index (κ1) is 16.8. The summed E-state index contributed by atoms with van der Waals surface area (Å²) < 4.78 is 7.00. The highest BCUT2D eigenvalue weighted by Crippen LogP contribution is 2.19. The first-order valence-electron chi connectivity index (χ1n) is 8.52. The average molecular weight is 358 g/mol. The Morgan fingerprint density at radius 3 is 2.48 bits per heavy atom. The van der Waals surface area contributed by atoms with E-state index in [1.54, 1.807) is 12.1 Å². The zero-order valence-corrected chi connectivity index (χ0v) is 15.0. The molecule has 0 N–H and O–H groups in total.